The van der Waals surface area contributed by atoms with Gasteiger partial charge >= 0.3 is 0 Å². The summed E-state index contributed by atoms with van der Waals surface area (Å²) in [6.45, 7) is 6.38. The number of hydrogen-bond acceptors (Lipinski definition) is 5. The predicted molar refractivity (Wildman–Crippen MR) is 110 cm³/mol. The van der Waals surface area contributed by atoms with Crippen molar-refractivity contribution in [1.82, 2.24) is 0 Å². The van der Waals surface area contributed by atoms with Gasteiger partial charge in [-0.3, -0.25) is 14.4 Å². The molecule has 3 N–H and O–H groups in total. The molecule has 1 atom stereocenters. The van der Waals surface area contributed by atoms with Crippen molar-refractivity contribution in [3.05, 3.63) is 53.8 Å². The lowest BCUT2D eigenvalue weighted by Gasteiger charge is -2.12. The average molecular weight is 461 g/mol. The molecular weight excluding hydrogens is 435 g/mol. The summed E-state index contributed by atoms with van der Waals surface area (Å²) in [6, 6.07) is 3.82. The second kappa shape index (κ2) is 17.9. The number of ether oxygens (including phenoxy) is 2. The van der Waals surface area contributed by atoms with E-state index in [0.717, 1.165) is 6.07 Å². The summed E-state index contributed by atoms with van der Waals surface area (Å²) < 4.78 is 22.0. The molecule has 0 saturated carbocycles. The van der Waals surface area contributed by atoms with Crippen molar-refractivity contribution in [3.63, 3.8) is 0 Å². The molecule has 0 saturated heterocycles. The van der Waals surface area contributed by atoms with Gasteiger partial charge in [0, 0.05) is 17.3 Å². The highest BCUT2D eigenvalue weighted by Crippen LogP contribution is 2.18. The second-order valence-corrected chi connectivity index (χ2v) is 5.82. The number of nitrogens with two attached hydrogens (primary N) is 1. The van der Waals surface area contributed by atoms with E-state index >= 15 is 0 Å². The van der Waals surface area contributed by atoms with Gasteiger partial charge in [-0.2, -0.15) is 0 Å². The first-order valence-electron chi connectivity index (χ1n) is 8.06. The Hall–Kier alpha value is -2.52. The molecule has 1 aliphatic rings. The Balaban J connectivity index is 0. The molecule has 0 spiro atoms. The zero-order valence-electron chi connectivity index (χ0n) is 16.0. The molecule has 7 nitrogen and oxygen atoms in total. The molecule has 156 valence electrons. The summed E-state index contributed by atoms with van der Waals surface area (Å²) in [6.07, 6.45) is 7.09. The second-order valence-electron chi connectivity index (χ2n) is 4.90. The number of methoxy groups -OCH3 is 2. The van der Waals surface area contributed by atoms with Crippen LogP contribution in [0.4, 0.5) is 10.1 Å². The molecule has 2 amide bonds. The van der Waals surface area contributed by atoms with E-state index in [1.807, 2.05) is 0 Å². The third kappa shape index (κ3) is 13.7. The summed E-state index contributed by atoms with van der Waals surface area (Å²) in [4.78, 5) is 31.3. The van der Waals surface area contributed by atoms with Gasteiger partial charge in [-0.25, -0.2) is 4.39 Å². The molecule has 2 rings (SSSR count). The fraction of sp³-hybridized carbons (Fsp3) is 0.316. The van der Waals surface area contributed by atoms with Crippen LogP contribution in [0, 0.1) is 5.82 Å². The van der Waals surface area contributed by atoms with Crippen molar-refractivity contribution < 1.29 is 28.2 Å². The predicted octanol–water partition coefficient (Wildman–Crippen LogP) is 3.34. The molecule has 1 aromatic carbocycles. The number of primary amides is 1. The number of anilines is 1. The van der Waals surface area contributed by atoms with Crippen LogP contribution in [0.2, 0.25) is 0 Å². The van der Waals surface area contributed by atoms with Crippen LogP contribution in [0.25, 0.3) is 0 Å². The summed E-state index contributed by atoms with van der Waals surface area (Å²) in [5, 5.41) is 2.32. The zero-order valence-corrected chi connectivity index (χ0v) is 17.5. The maximum atomic E-state index is 13.0. The molecule has 0 radical (unpaired) electrons. The minimum absolute atomic E-state index is 0.199. The standard InChI is InChI=1S/C10H10BrFN2O3.C5H8.C2H4O2.C2H4/c1-17-8(9(13)15)10(16)14-7-3-5(11)2-6(12)4-7;1-2-4-5-3-1;1-4-2-3;1-2/h2-4,8H,1H3,(H2,13,15)(H,14,16);1-2H,3-5H2;2H,1H3;1-2H2. The lowest BCUT2D eigenvalue weighted by atomic mass is 10.2. The number of carbonyl (C=O) groups excluding carboxylic acids is 3. The lowest BCUT2D eigenvalue weighted by molar-refractivity contribution is -0.138. The fourth-order valence-electron chi connectivity index (χ4n) is 1.78. The van der Waals surface area contributed by atoms with Gasteiger partial charge in [0.15, 0.2) is 0 Å². The molecule has 1 unspecified atom stereocenters. The summed E-state index contributed by atoms with van der Waals surface area (Å²) in [5.41, 5.74) is 5.15. The first-order valence-corrected chi connectivity index (χ1v) is 8.85. The van der Waals surface area contributed by atoms with Gasteiger partial charge in [-0.1, -0.05) is 28.1 Å². The number of rotatable bonds is 5. The Morgan fingerprint density at radius 2 is 1.79 bits per heavy atom. The Morgan fingerprint density at radius 3 is 2.11 bits per heavy atom. The van der Waals surface area contributed by atoms with E-state index in [0.29, 0.717) is 10.9 Å². The first kappa shape index (κ1) is 27.7. The van der Waals surface area contributed by atoms with Crippen LogP contribution < -0.4 is 11.1 Å². The van der Waals surface area contributed by atoms with E-state index in [-0.39, 0.29) is 5.69 Å². The minimum Gasteiger partial charge on any atom is -0.471 e. The number of hydrogen-bond donors (Lipinski definition) is 2. The summed E-state index contributed by atoms with van der Waals surface area (Å²) in [7, 11) is 2.49. The van der Waals surface area contributed by atoms with Crippen LogP contribution in [-0.4, -0.2) is 38.6 Å². The van der Waals surface area contributed by atoms with E-state index in [1.54, 1.807) is 0 Å². The van der Waals surface area contributed by atoms with E-state index in [4.69, 9.17) is 10.5 Å². The molecule has 0 heterocycles. The monoisotopic (exact) mass is 460 g/mol. The van der Waals surface area contributed by atoms with Crippen LogP contribution in [-0.2, 0) is 23.9 Å². The minimum atomic E-state index is -1.41. The molecule has 9 heteroatoms. The Bertz CT molecular complexity index is 615. The first-order chi connectivity index (χ1) is 13.3. The third-order valence-corrected chi connectivity index (χ3v) is 3.32. The van der Waals surface area contributed by atoms with Gasteiger partial charge in [-0.05, 0) is 37.5 Å². The molecule has 0 aromatic heterocycles. The topological polar surface area (TPSA) is 108 Å². The highest BCUT2D eigenvalue weighted by atomic mass is 79.9. The van der Waals surface area contributed by atoms with Crippen molar-refractivity contribution in [3.8, 4) is 0 Å². The van der Waals surface area contributed by atoms with Gasteiger partial charge in [0.25, 0.3) is 18.3 Å². The van der Waals surface area contributed by atoms with E-state index in [2.05, 4.69) is 56.0 Å². The Morgan fingerprint density at radius 1 is 1.25 bits per heavy atom. The number of carbonyl (C=O) groups is 3. The van der Waals surface area contributed by atoms with Crippen molar-refractivity contribution >= 4 is 39.9 Å². The normalized spacial score (nSPS) is 11.9. The number of halogens is 2. The smallest absolute Gasteiger partial charge is 0.292 e. The largest absolute Gasteiger partial charge is 0.471 e. The number of amides is 2. The van der Waals surface area contributed by atoms with E-state index in [9.17, 15) is 14.0 Å². The summed E-state index contributed by atoms with van der Waals surface area (Å²) in [5.74, 6) is -2.19. The average Bonchev–Trinajstić information content (AvgIpc) is 3.23. The molecule has 0 bridgehead atoms. The summed E-state index contributed by atoms with van der Waals surface area (Å²) >= 11 is 3.07. The highest BCUT2D eigenvalue weighted by molar-refractivity contribution is 9.10. The van der Waals surface area contributed by atoms with Crippen LogP contribution in [0.1, 0.15) is 19.3 Å². The molecule has 28 heavy (non-hydrogen) atoms. The van der Waals surface area contributed by atoms with Crippen LogP contribution in [0.15, 0.2) is 48.0 Å². The van der Waals surface area contributed by atoms with Gasteiger partial charge in [0.2, 0.25) is 6.10 Å². The molecular formula is C19H26BrFN2O5. The van der Waals surface area contributed by atoms with Gasteiger partial charge in [0.1, 0.15) is 5.82 Å². The van der Waals surface area contributed by atoms with Crippen molar-refractivity contribution in [1.29, 1.82) is 0 Å². The SMILES string of the molecule is C1=CCCC1.C=C.COC(C(N)=O)C(=O)Nc1cc(F)cc(Br)c1.COC=O. The third-order valence-electron chi connectivity index (χ3n) is 2.87. The van der Waals surface area contributed by atoms with E-state index < -0.39 is 23.7 Å². The quantitative estimate of drug-likeness (QED) is 0.397. The fourth-order valence-corrected chi connectivity index (χ4v) is 2.24. The number of allylic oxidation sites excluding steroid dienone is 2. The number of nitrogens with one attached hydrogen (secondary N) is 1. The van der Waals surface area contributed by atoms with Crippen molar-refractivity contribution in [2.75, 3.05) is 19.5 Å². The zero-order chi connectivity index (χ0) is 21.9. The lowest BCUT2D eigenvalue weighted by Crippen LogP contribution is -2.40. The van der Waals surface area contributed by atoms with Crippen molar-refractivity contribution in [2.45, 2.75) is 25.4 Å². The van der Waals surface area contributed by atoms with Crippen LogP contribution in [0.3, 0.4) is 0 Å². The highest BCUT2D eigenvalue weighted by Gasteiger charge is 2.23. The molecule has 0 aliphatic heterocycles. The molecule has 1 aromatic rings. The Kier molecular flexibility index (Phi) is 17.7. The van der Waals surface area contributed by atoms with Gasteiger partial charge < -0.3 is 20.5 Å². The maximum absolute atomic E-state index is 13.0. The Labute approximate surface area is 172 Å². The van der Waals surface area contributed by atoms with Crippen LogP contribution in [0.5, 0.6) is 0 Å². The molecule has 0 fully saturated rings. The molecule has 1 aliphatic carbocycles. The van der Waals surface area contributed by atoms with Gasteiger partial charge in [0.05, 0.1) is 7.11 Å². The van der Waals surface area contributed by atoms with Gasteiger partial charge in [-0.15, -0.1) is 13.2 Å². The van der Waals surface area contributed by atoms with E-state index in [1.165, 1.54) is 45.6 Å². The van der Waals surface area contributed by atoms with Crippen LogP contribution >= 0.6 is 15.9 Å². The number of benzene rings is 1. The maximum Gasteiger partial charge on any atom is 0.292 e. The van der Waals surface area contributed by atoms with Crippen molar-refractivity contribution in [2.24, 2.45) is 5.73 Å².